The van der Waals surface area contributed by atoms with Gasteiger partial charge >= 0.3 is 0 Å². The van der Waals surface area contributed by atoms with Crippen molar-refractivity contribution in [2.24, 2.45) is 0 Å². The highest BCUT2D eigenvalue weighted by atomic mass is 32.2. The number of sulfonamides is 1. The summed E-state index contributed by atoms with van der Waals surface area (Å²) in [6.45, 7) is 0.866. The lowest BCUT2D eigenvalue weighted by molar-refractivity contribution is 0.601. The van der Waals surface area contributed by atoms with E-state index < -0.39 is 10.0 Å². The predicted octanol–water partition coefficient (Wildman–Crippen LogP) is 2.46. The zero-order chi connectivity index (χ0) is 13.3. The molecule has 0 unspecified atom stereocenters. The summed E-state index contributed by atoms with van der Waals surface area (Å²) in [5.74, 6) is 0. The second kappa shape index (κ2) is 4.59. The van der Waals surface area contributed by atoms with Crippen molar-refractivity contribution in [3.8, 4) is 0 Å². The molecule has 0 bridgehead atoms. The minimum absolute atomic E-state index is 0.304. The van der Waals surface area contributed by atoms with E-state index in [1.807, 2.05) is 12.1 Å². The van der Waals surface area contributed by atoms with Crippen LogP contribution >= 0.6 is 0 Å². The molecule has 1 heterocycles. The average Bonchev–Trinajstić information content (AvgIpc) is 2.86. The van der Waals surface area contributed by atoms with Crippen LogP contribution in [0.2, 0.25) is 0 Å². The summed E-state index contributed by atoms with van der Waals surface area (Å²) in [7, 11) is -3.51. The van der Waals surface area contributed by atoms with Gasteiger partial charge in [-0.1, -0.05) is 18.2 Å². The molecule has 5 heteroatoms. The minimum atomic E-state index is -3.51. The molecule has 2 aromatic carbocycles. The Morgan fingerprint density at radius 3 is 2.63 bits per heavy atom. The van der Waals surface area contributed by atoms with Gasteiger partial charge in [-0.05, 0) is 42.3 Å². The van der Waals surface area contributed by atoms with Crippen molar-refractivity contribution in [1.82, 2.24) is 0 Å². The van der Waals surface area contributed by atoms with Gasteiger partial charge in [0.2, 0.25) is 0 Å². The first-order valence-electron chi connectivity index (χ1n) is 6.10. The summed E-state index contributed by atoms with van der Waals surface area (Å²) in [6.07, 6.45) is 0.865. The maximum atomic E-state index is 12.3. The van der Waals surface area contributed by atoms with Crippen molar-refractivity contribution < 1.29 is 8.42 Å². The van der Waals surface area contributed by atoms with Crippen LogP contribution in [0.3, 0.4) is 0 Å². The number of nitrogens with one attached hydrogen (secondary N) is 2. The first-order chi connectivity index (χ1) is 9.15. The summed E-state index contributed by atoms with van der Waals surface area (Å²) < 4.78 is 27.1. The Hall–Kier alpha value is -2.01. The van der Waals surface area contributed by atoms with Gasteiger partial charge in [-0.2, -0.15) is 0 Å². The molecule has 4 nitrogen and oxygen atoms in total. The van der Waals surface area contributed by atoms with Crippen LogP contribution in [0.25, 0.3) is 0 Å². The Labute approximate surface area is 112 Å². The first kappa shape index (κ1) is 12.0. The van der Waals surface area contributed by atoms with Crippen molar-refractivity contribution in [1.29, 1.82) is 0 Å². The highest BCUT2D eigenvalue weighted by Crippen LogP contribution is 2.26. The molecule has 3 rings (SSSR count). The second-order valence-corrected chi connectivity index (χ2v) is 6.15. The van der Waals surface area contributed by atoms with Crippen molar-refractivity contribution in [2.45, 2.75) is 11.3 Å². The number of benzene rings is 2. The Morgan fingerprint density at radius 1 is 1.05 bits per heavy atom. The zero-order valence-electron chi connectivity index (χ0n) is 10.3. The third kappa shape index (κ3) is 2.42. The molecule has 0 spiro atoms. The number of hydrogen-bond donors (Lipinski definition) is 2. The van der Waals surface area contributed by atoms with Crippen molar-refractivity contribution in [3.63, 3.8) is 0 Å². The molecule has 0 saturated carbocycles. The van der Waals surface area contributed by atoms with Gasteiger partial charge in [0.15, 0.2) is 0 Å². The normalized spacial score (nSPS) is 13.7. The smallest absolute Gasteiger partial charge is 0.261 e. The highest BCUT2D eigenvalue weighted by molar-refractivity contribution is 7.92. The Bertz CT molecular complexity index is 697. The summed E-state index contributed by atoms with van der Waals surface area (Å²) in [5.41, 5.74) is 2.65. The van der Waals surface area contributed by atoms with Gasteiger partial charge in [0.1, 0.15) is 0 Å². The van der Waals surface area contributed by atoms with Gasteiger partial charge in [-0.15, -0.1) is 0 Å². The Kier molecular flexibility index (Phi) is 2.91. The van der Waals surface area contributed by atoms with E-state index in [4.69, 9.17) is 0 Å². The standard InChI is InChI=1S/C14H14N2O2S/c17-19(18,16-12-4-2-1-3-5-12)13-6-7-14-11(10-13)8-9-15-14/h1-7,10,15-16H,8-9H2. The maximum absolute atomic E-state index is 12.3. The summed E-state index contributed by atoms with van der Waals surface area (Å²) >= 11 is 0. The van der Waals surface area contributed by atoms with Crippen molar-refractivity contribution >= 4 is 21.4 Å². The lowest BCUT2D eigenvalue weighted by Crippen LogP contribution is -2.13. The molecule has 2 N–H and O–H groups in total. The van der Waals surface area contributed by atoms with Gasteiger partial charge < -0.3 is 5.32 Å². The zero-order valence-corrected chi connectivity index (χ0v) is 11.1. The van der Waals surface area contributed by atoms with Crippen LogP contribution in [0, 0.1) is 0 Å². The molecule has 2 aromatic rings. The second-order valence-electron chi connectivity index (χ2n) is 4.47. The van der Waals surface area contributed by atoms with E-state index in [0.29, 0.717) is 10.6 Å². The van der Waals surface area contributed by atoms with E-state index in [0.717, 1.165) is 24.2 Å². The summed E-state index contributed by atoms with van der Waals surface area (Å²) in [6, 6.07) is 14.1. The van der Waals surface area contributed by atoms with Crippen LogP contribution in [0.15, 0.2) is 53.4 Å². The van der Waals surface area contributed by atoms with Gasteiger partial charge in [-0.25, -0.2) is 8.42 Å². The Morgan fingerprint density at radius 2 is 1.84 bits per heavy atom. The Balaban J connectivity index is 1.92. The number of para-hydroxylation sites is 1. The molecule has 0 fully saturated rings. The third-order valence-electron chi connectivity index (χ3n) is 3.12. The number of rotatable bonds is 3. The molecule has 1 aliphatic heterocycles. The average molecular weight is 274 g/mol. The molecule has 0 radical (unpaired) electrons. The SMILES string of the molecule is O=S(=O)(Nc1ccccc1)c1ccc2c(c1)CCN2. The molecule has 98 valence electrons. The van der Waals surface area contributed by atoms with Crippen LogP contribution in [0.4, 0.5) is 11.4 Å². The topological polar surface area (TPSA) is 58.2 Å². The van der Waals surface area contributed by atoms with Crippen LogP contribution in [-0.2, 0) is 16.4 Å². The van der Waals surface area contributed by atoms with E-state index >= 15 is 0 Å². The molecule has 0 amide bonds. The van der Waals surface area contributed by atoms with Crippen LogP contribution in [0.5, 0.6) is 0 Å². The first-order valence-corrected chi connectivity index (χ1v) is 7.58. The van der Waals surface area contributed by atoms with E-state index in [1.165, 1.54) is 0 Å². The molecular weight excluding hydrogens is 260 g/mol. The van der Waals surface area contributed by atoms with Crippen LogP contribution < -0.4 is 10.0 Å². The number of fused-ring (bicyclic) bond motifs is 1. The third-order valence-corrected chi connectivity index (χ3v) is 4.50. The molecular formula is C14H14N2O2S. The quantitative estimate of drug-likeness (QED) is 0.904. The van der Waals surface area contributed by atoms with E-state index in [1.54, 1.807) is 36.4 Å². The molecule has 1 aliphatic rings. The van der Waals surface area contributed by atoms with Gasteiger partial charge in [-0.3, -0.25) is 4.72 Å². The van der Waals surface area contributed by atoms with Crippen molar-refractivity contribution in [2.75, 3.05) is 16.6 Å². The highest BCUT2D eigenvalue weighted by Gasteiger charge is 2.18. The predicted molar refractivity (Wildman–Crippen MR) is 75.9 cm³/mol. The van der Waals surface area contributed by atoms with E-state index in [9.17, 15) is 8.42 Å². The summed E-state index contributed by atoms with van der Waals surface area (Å²) in [4.78, 5) is 0.304. The van der Waals surface area contributed by atoms with Gasteiger partial charge in [0.25, 0.3) is 10.0 Å². The van der Waals surface area contributed by atoms with Gasteiger partial charge in [0.05, 0.1) is 4.90 Å². The maximum Gasteiger partial charge on any atom is 0.261 e. The molecule has 19 heavy (non-hydrogen) atoms. The largest absolute Gasteiger partial charge is 0.384 e. The lowest BCUT2D eigenvalue weighted by atomic mass is 10.2. The molecule has 0 aromatic heterocycles. The van der Waals surface area contributed by atoms with Crippen molar-refractivity contribution in [3.05, 3.63) is 54.1 Å². The monoisotopic (exact) mass is 274 g/mol. The fourth-order valence-corrected chi connectivity index (χ4v) is 3.28. The van der Waals surface area contributed by atoms with Gasteiger partial charge in [0, 0.05) is 17.9 Å². The van der Waals surface area contributed by atoms with E-state index in [2.05, 4.69) is 10.0 Å². The van der Waals surface area contributed by atoms with Crippen LogP contribution in [0.1, 0.15) is 5.56 Å². The summed E-state index contributed by atoms with van der Waals surface area (Å²) in [5, 5.41) is 3.21. The fraction of sp³-hybridized carbons (Fsp3) is 0.143. The van der Waals surface area contributed by atoms with Crippen LogP contribution in [-0.4, -0.2) is 15.0 Å². The molecule has 0 aliphatic carbocycles. The number of hydrogen-bond acceptors (Lipinski definition) is 3. The van der Waals surface area contributed by atoms with E-state index in [-0.39, 0.29) is 0 Å². The minimum Gasteiger partial charge on any atom is -0.384 e. The molecule has 0 atom stereocenters. The number of anilines is 2. The molecule has 0 saturated heterocycles. The fourth-order valence-electron chi connectivity index (χ4n) is 2.17. The lowest BCUT2D eigenvalue weighted by Gasteiger charge is -2.09.